The first-order valence-corrected chi connectivity index (χ1v) is 13.2. The Bertz CT molecular complexity index is 1120. The zero-order valence-corrected chi connectivity index (χ0v) is 25.8. The van der Waals surface area contributed by atoms with Crippen LogP contribution in [0.15, 0.2) is 12.2 Å². The second kappa shape index (κ2) is 12.5. The molecule has 1 saturated carbocycles. The van der Waals surface area contributed by atoms with Crippen LogP contribution >= 0.6 is 0 Å². The molecule has 1 aromatic heterocycles. The van der Waals surface area contributed by atoms with Crippen molar-refractivity contribution in [3.63, 3.8) is 0 Å². The molecular formula is C26H37N6O6Y-. The summed E-state index contributed by atoms with van der Waals surface area (Å²) in [5.74, 6) is -2.36. The van der Waals surface area contributed by atoms with Crippen LogP contribution in [0.1, 0.15) is 77.5 Å². The molecule has 39 heavy (non-hydrogen) atoms. The molecule has 3 amide bonds. The number of hydrogen-bond acceptors (Lipinski definition) is 7. The third-order valence-electron chi connectivity index (χ3n) is 7.22. The Kier molecular flexibility index (Phi) is 9.96. The fourth-order valence-corrected chi connectivity index (χ4v) is 5.18. The number of aromatic nitrogens is 3. The van der Waals surface area contributed by atoms with Gasteiger partial charge in [-0.2, -0.15) is 5.10 Å². The zero-order chi connectivity index (χ0) is 27.7. The first kappa shape index (κ1) is 31.2. The van der Waals surface area contributed by atoms with Gasteiger partial charge in [-0.1, -0.05) is 31.9 Å². The van der Waals surface area contributed by atoms with E-state index in [0.717, 1.165) is 19.3 Å². The van der Waals surface area contributed by atoms with Gasteiger partial charge in [0.1, 0.15) is 23.2 Å². The predicted octanol–water partition coefficient (Wildman–Crippen LogP) is 1.90. The van der Waals surface area contributed by atoms with Crippen molar-refractivity contribution in [2.75, 3.05) is 6.54 Å². The summed E-state index contributed by atoms with van der Waals surface area (Å²) in [5.41, 5.74) is -1.55. The van der Waals surface area contributed by atoms with Gasteiger partial charge in [0.15, 0.2) is 0 Å². The van der Waals surface area contributed by atoms with E-state index in [4.69, 9.17) is 4.74 Å². The van der Waals surface area contributed by atoms with Gasteiger partial charge in [0.05, 0.1) is 6.04 Å². The molecule has 0 aromatic carbocycles. The zero-order valence-electron chi connectivity index (χ0n) is 23.0. The maximum absolute atomic E-state index is 13.9. The molecule has 4 rings (SSSR count). The SMILES string of the molecule is Cc1[c-]nn([C@@H]2C[C@H]3C(=O)N[C@]4(C(=O)O)C[C@@H]4/C=C\CCCCC[C@H](NC(=O)OC(C)(C)C)C(=O)N3C2)n1.[Y]. The monoisotopic (exact) mass is 618 g/mol. The van der Waals surface area contributed by atoms with Crippen LogP contribution in [0.3, 0.4) is 0 Å². The quantitative estimate of drug-likeness (QED) is 0.343. The van der Waals surface area contributed by atoms with Crippen LogP contribution in [-0.4, -0.2) is 78.6 Å². The number of carbonyl (C=O) groups excluding carboxylic acids is 3. The maximum atomic E-state index is 13.9. The van der Waals surface area contributed by atoms with Gasteiger partial charge in [-0.25, -0.2) is 14.4 Å². The summed E-state index contributed by atoms with van der Waals surface area (Å²) in [5, 5.41) is 23.9. The molecule has 1 aromatic rings. The number of carbonyl (C=O) groups is 4. The van der Waals surface area contributed by atoms with Crippen molar-refractivity contribution >= 4 is 23.9 Å². The Labute approximate surface area is 253 Å². The minimum atomic E-state index is -1.39. The molecule has 0 spiro atoms. The number of nitrogens with zero attached hydrogens (tertiary/aromatic N) is 4. The number of fused-ring (bicyclic) bond motifs is 2. The van der Waals surface area contributed by atoms with E-state index in [1.54, 1.807) is 27.7 Å². The van der Waals surface area contributed by atoms with Crippen LogP contribution < -0.4 is 10.6 Å². The number of carboxylic acid groups (broad SMARTS) is 1. The average Bonchev–Trinajstić information content (AvgIpc) is 3.14. The Morgan fingerprint density at radius 2 is 2.00 bits per heavy atom. The van der Waals surface area contributed by atoms with Crippen LogP contribution in [0.5, 0.6) is 0 Å². The fourth-order valence-electron chi connectivity index (χ4n) is 5.18. The van der Waals surface area contributed by atoms with Crippen molar-refractivity contribution in [2.24, 2.45) is 5.92 Å². The first-order valence-electron chi connectivity index (χ1n) is 13.2. The molecule has 0 bridgehead atoms. The molecule has 3 N–H and O–H groups in total. The summed E-state index contributed by atoms with van der Waals surface area (Å²) in [6, 6.07) is -2.26. The van der Waals surface area contributed by atoms with E-state index in [-0.39, 0.29) is 51.6 Å². The minimum absolute atomic E-state index is 0. The number of allylic oxidation sites excluding steroid dienone is 1. The molecule has 2 fully saturated rings. The molecule has 13 heteroatoms. The number of carboxylic acids is 1. The molecule has 1 radical (unpaired) electrons. The molecule has 0 unspecified atom stereocenters. The summed E-state index contributed by atoms with van der Waals surface area (Å²) in [6.07, 6.45) is 9.90. The Hall–Kier alpha value is -2.34. The van der Waals surface area contributed by atoms with Crippen molar-refractivity contribution in [3.05, 3.63) is 24.0 Å². The molecule has 1 aliphatic carbocycles. The topological polar surface area (TPSA) is 156 Å². The van der Waals surface area contributed by atoms with Crippen molar-refractivity contribution < 1.29 is 61.7 Å². The summed E-state index contributed by atoms with van der Waals surface area (Å²) >= 11 is 0. The van der Waals surface area contributed by atoms with Gasteiger partial charge >= 0.3 is 12.1 Å². The molecule has 12 nitrogen and oxygen atoms in total. The second-order valence-corrected chi connectivity index (χ2v) is 11.5. The average molecular weight is 619 g/mol. The largest absolute Gasteiger partial charge is 0.479 e. The third kappa shape index (κ3) is 7.45. The van der Waals surface area contributed by atoms with Crippen LogP contribution in [0.4, 0.5) is 4.79 Å². The standard InChI is InChI=1S/C26H37N6O6.Y/c1-16-14-27-32(30-16)18-12-20-21(33)29-26(23(35)36)13-17(26)10-8-6-5-7-9-11-19(22(34)31(20)15-18)28-24(37)38-25(2,3)4;/h8,10,17-20H,5-7,9,11-13,15H2,1-4H3,(H,28,37)(H,29,33)(H,35,36);/q-1;/b10-8-;/t17-,18+,19-,20-,26+;/m0./s1. The summed E-state index contributed by atoms with van der Waals surface area (Å²) in [7, 11) is 0. The van der Waals surface area contributed by atoms with Crippen LogP contribution in [0, 0.1) is 19.0 Å². The van der Waals surface area contributed by atoms with E-state index >= 15 is 0 Å². The van der Waals surface area contributed by atoms with Gasteiger partial charge in [0.25, 0.3) is 0 Å². The molecule has 3 heterocycles. The second-order valence-electron chi connectivity index (χ2n) is 11.5. The smallest absolute Gasteiger partial charge is 0.408 e. The maximum Gasteiger partial charge on any atom is 0.408 e. The van der Waals surface area contributed by atoms with Gasteiger partial charge in [-0.3, -0.25) is 9.59 Å². The van der Waals surface area contributed by atoms with Gasteiger partial charge in [0.2, 0.25) is 11.8 Å². The van der Waals surface area contributed by atoms with Crippen molar-refractivity contribution in [3.8, 4) is 0 Å². The Balaban J connectivity index is 0.00000420. The Morgan fingerprint density at radius 3 is 2.64 bits per heavy atom. The minimum Gasteiger partial charge on any atom is -0.479 e. The van der Waals surface area contributed by atoms with E-state index in [9.17, 15) is 24.3 Å². The molecule has 211 valence electrons. The van der Waals surface area contributed by atoms with Gasteiger partial charge in [-0.15, -0.1) is 5.69 Å². The van der Waals surface area contributed by atoms with E-state index in [1.807, 2.05) is 12.2 Å². The third-order valence-corrected chi connectivity index (χ3v) is 7.22. The number of amides is 3. The Morgan fingerprint density at radius 1 is 1.26 bits per heavy atom. The number of ether oxygens (including phenoxy) is 1. The van der Waals surface area contributed by atoms with Crippen LogP contribution in [-0.2, 0) is 51.8 Å². The molecule has 2 aliphatic heterocycles. The van der Waals surface area contributed by atoms with Gasteiger partial charge in [0, 0.05) is 51.6 Å². The van der Waals surface area contributed by atoms with E-state index < -0.39 is 53.1 Å². The van der Waals surface area contributed by atoms with Gasteiger partial charge in [-0.05, 0) is 46.5 Å². The number of rotatable bonds is 3. The van der Waals surface area contributed by atoms with Crippen LogP contribution in [0.25, 0.3) is 0 Å². The van der Waals surface area contributed by atoms with Crippen LogP contribution in [0.2, 0.25) is 0 Å². The molecule has 1 saturated heterocycles. The van der Waals surface area contributed by atoms with E-state index in [1.165, 1.54) is 9.70 Å². The summed E-state index contributed by atoms with van der Waals surface area (Å²) in [4.78, 5) is 55.1. The van der Waals surface area contributed by atoms with E-state index in [0.29, 0.717) is 25.0 Å². The molecular weight excluding hydrogens is 581 g/mol. The van der Waals surface area contributed by atoms with Crippen molar-refractivity contribution in [2.45, 2.75) is 102 Å². The number of aryl methyl sites for hydroxylation is 1. The number of aliphatic carboxylic acids is 1. The molecule has 5 atom stereocenters. The van der Waals surface area contributed by atoms with Gasteiger partial charge < -0.3 is 36.7 Å². The predicted molar refractivity (Wildman–Crippen MR) is 135 cm³/mol. The first-order chi connectivity index (χ1) is 17.9. The summed E-state index contributed by atoms with van der Waals surface area (Å²) < 4.78 is 5.40. The normalized spacial score (nSPS) is 30.4. The molecule has 3 aliphatic rings. The number of alkyl carbamates (subject to hydrolysis) is 1. The summed E-state index contributed by atoms with van der Waals surface area (Å²) in [6.45, 7) is 7.10. The number of hydrogen-bond donors (Lipinski definition) is 3. The number of nitrogens with one attached hydrogen (secondary N) is 2. The van der Waals surface area contributed by atoms with Crippen molar-refractivity contribution in [1.82, 2.24) is 30.5 Å². The van der Waals surface area contributed by atoms with E-state index in [2.05, 4.69) is 27.0 Å². The van der Waals surface area contributed by atoms with Crippen molar-refractivity contribution in [1.29, 1.82) is 0 Å². The fraction of sp³-hybridized carbons (Fsp3) is 0.692.